The molecule has 0 radical (unpaired) electrons. The van der Waals surface area contributed by atoms with Crippen molar-refractivity contribution >= 4 is 16.9 Å². The second kappa shape index (κ2) is 4.23. The number of para-hydroxylation sites is 1. The van der Waals surface area contributed by atoms with Crippen LogP contribution in [-0.2, 0) is 0 Å². The highest BCUT2D eigenvalue weighted by atomic mass is 16.3. The summed E-state index contributed by atoms with van der Waals surface area (Å²) in [5.41, 5.74) is 1.63. The van der Waals surface area contributed by atoms with Crippen molar-refractivity contribution in [3.63, 3.8) is 0 Å². The first-order chi connectivity index (χ1) is 7.66. The van der Waals surface area contributed by atoms with E-state index in [0.29, 0.717) is 12.3 Å². The minimum atomic E-state index is -0.209. The number of hydrogen-bond donors (Lipinski definition) is 1. The number of amides is 1. The van der Waals surface area contributed by atoms with E-state index in [4.69, 9.17) is 4.42 Å². The van der Waals surface area contributed by atoms with Crippen molar-refractivity contribution in [2.24, 2.45) is 0 Å². The fourth-order valence-corrected chi connectivity index (χ4v) is 1.41. The second-order valence-electron chi connectivity index (χ2n) is 3.79. The largest absolute Gasteiger partial charge is 0.451 e. The molecule has 0 bridgehead atoms. The molecular formula is C13H13NO2. The topological polar surface area (TPSA) is 42.2 Å². The van der Waals surface area contributed by atoms with Gasteiger partial charge in [0.25, 0.3) is 5.91 Å². The lowest BCUT2D eigenvalue weighted by molar-refractivity contribution is 0.0931. The highest BCUT2D eigenvalue weighted by Crippen LogP contribution is 2.18. The van der Waals surface area contributed by atoms with E-state index in [-0.39, 0.29) is 5.91 Å². The average molecular weight is 215 g/mol. The van der Waals surface area contributed by atoms with E-state index < -0.39 is 0 Å². The zero-order valence-electron chi connectivity index (χ0n) is 9.12. The summed E-state index contributed by atoms with van der Waals surface area (Å²) in [5, 5.41) is 3.66. The summed E-state index contributed by atoms with van der Waals surface area (Å²) in [6.07, 6.45) is 0. The Bertz CT molecular complexity index is 507. The van der Waals surface area contributed by atoms with Crippen LogP contribution in [0, 0.1) is 0 Å². The number of hydrogen-bond acceptors (Lipinski definition) is 2. The fourth-order valence-electron chi connectivity index (χ4n) is 1.41. The van der Waals surface area contributed by atoms with E-state index in [1.807, 2.05) is 31.2 Å². The molecule has 3 nitrogen and oxygen atoms in total. The van der Waals surface area contributed by atoms with E-state index in [9.17, 15) is 4.79 Å². The van der Waals surface area contributed by atoms with Crippen LogP contribution in [0.5, 0.6) is 0 Å². The normalized spacial score (nSPS) is 10.3. The SMILES string of the molecule is C=C(C)CNC(=O)c1cc2ccccc2o1. The van der Waals surface area contributed by atoms with Crippen LogP contribution in [0.4, 0.5) is 0 Å². The van der Waals surface area contributed by atoms with Gasteiger partial charge in [-0.1, -0.05) is 30.4 Å². The zero-order chi connectivity index (χ0) is 11.5. The van der Waals surface area contributed by atoms with Gasteiger partial charge in [-0.2, -0.15) is 0 Å². The van der Waals surface area contributed by atoms with Crippen LogP contribution in [0.25, 0.3) is 11.0 Å². The molecule has 1 N–H and O–H groups in total. The molecule has 1 amide bonds. The lowest BCUT2D eigenvalue weighted by Gasteiger charge is -2.00. The molecule has 0 fully saturated rings. The van der Waals surface area contributed by atoms with Crippen molar-refractivity contribution in [1.29, 1.82) is 0 Å². The predicted molar refractivity (Wildman–Crippen MR) is 63.4 cm³/mol. The molecule has 0 aliphatic rings. The van der Waals surface area contributed by atoms with Gasteiger partial charge < -0.3 is 9.73 Å². The van der Waals surface area contributed by atoms with E-state index in [1.165, 1.54) is 0 Å². The maximum absolute atomic E-state index is 11.7. The maximum Gasteiger partial charge on any atom is 0.287 e. The summed E-state index contributed by atoms with van der Waals surface area (Å²) in [6, 6.07) is 9.27. The Balaban J connectivity index is 2.20. The first-order valence-electron chi connectivity index (χ1n) is 5.08. The number of benzene rings is 1. The number of carbonyl (C=O) groups excluding carboxylic acids is 1. The summed E-state index contributed by atoms with van der Waals surface area (Å²) in [6.45, 7) is 6.05. The fraction of sp³-hybridized carbons (Fsp3) is 0.154. The number of nitrogens with one attached hydrogen (secondary N) is 1. The number of fused-ring (bicyclic) bond motifs is 1. The molecule has 0 atom stereocenters. The van der Waals surface area contributed by atoms with Gasteiger partial charge in [0.1, 0.15) is 5.58 Å². The molecule has 0 spiro atoms. The number of furan rings is 1. The van der Waals surface area contributed by atoms with Crippen molar-refractivity contribution in [2.75, 3.05) is 6.54 Å². The van der Waals surface area contributed by atoms with Crippen LogP contribution >= 0.6 is 0 Å². The molecule has 16 heavy (non-hydrogen) atoms. The van der Waals surface area contributed by atoms with E-state index in [0.717, 1.165) is 16.5 Å². The molecule has 0 saturated heterocycles. The second-order valence-corrected chi connectivity index (χ2v) is 3.79. The van der Waals surface area contributed by atoms with Crippen LogP contribution in [0.15, 0.2) is 46.9 Å². The standard InChI is InChI=1S/C13H13NO2/c1-9(2)8-14-13(15)12-7-10-5-3-4-6-11(10)16-12/h3-7H,1,8H2,2H3,(H,14,15). The first kappa shape index (κ1) is 10.5. The molecule has 2 rings (SSSR count). The lowest BCUT2D eigenvalue weighted by atomic mass is 10.2. The Hall–Kier alpha value is -2.03. The Morgan fingerprint density at radius 1 is 1.44 bits per heavy atom. The Kier molecular flexibility index (Phi) is 2.77. The molecule has 1 aromatic heterocycles. The Labute approximate surface area is 93.8 Å². The van der Waals surface area contributed by atoms with Crippen LogP contribution < -0.4 is 5.32 Å². The monoisotopic (exact) mass is 215 g/mol. The highest BCUT2D eigenvalue weighted by molar-refractivity contribution is 5.96. The third-order valence-corrected chi connectivity index (χ3v) is 2.20. The van der Waals surface area contributed by atoms with Crippen molar-refractivity contribution in [2.45, 2.75) is 6.92 Å². The molecule has 1 heterocycles. The van der Waals surface area contributed by atoms with Crippen molar-refractivity contribution < 1.29 is 9.21 Å². The summed E-state index contributed by atoms with van der Waals surface area (Å²) in [4.78, 5) is 11.7. The summed E-state index contributed by atoms with van der Waals surface area (Å²) in [5.74, 6) is 0.127. The quantitative estimate of drug-likeness (QED) is 0.800. The molecule has 0 unspecified atom stereocenters. The van der Waals surface area contributed by atoms with E-state index >= 15 is 0 Å². The highest BCUT2D eigenvalue weighted by Gasteiger charge is 2.10. The van der Waals surface area contributed by atoms with Gasteiger partial charge in [-0.3, -0.25) is 4.79 Å². The first-order valence-corrected chi connectivity index (χ1v) is 5.08. The third-order valence-electron chi connectivity index (χ3n) is 2.20. The molecule has 0 saturated carbocycles. The summed E-state index contributed by atoms with van der Waals surface area (Å²) < 4.78 is 5.42. The predicted octanol–water partition coefficient (Wildman–Crippen LogP) is 2.74. The van der Waals surface area contributed by atoms with Gasteiger partial charge >= 0.3 is 0 Å². The summed E-state index contributed by atoms with van der Waals surface area (Å²) >= 11 is 0. The maximum atomic E-state index is 11.7. The van der Waals surface area contributed by atoms with Gasteiger partial charge in [0.2, 0.25) is 0 Å². The van der Waals surface area contributed by atoms with Crippen LogP contribution in [-0.4, -0.2) is 12.5 Å². The smallest absolute Gasteiger partial charge is 0.287 e. The van der Waals surface area contributed by atoms with Gasteiger partial charge in [-0.15, -0.1) is 0 Å². The molecule has 0 aliphatic heterocycles. The van der Waals surface area contributed by atoms with Gasteiger partial charge in [0.05, 0.1) is 0 Å². The number of rotatable bonds is 3. The Morgan fingerprint density at radius 2 is 2.19 bits per heavy atom. The zero-order valence-corrected chi connectivity index (χ0v) is 9.12. The van der Waals surface area contributed by atoms with Gasteiger partial charge in [-0.05, 0) is 19.1 Å². The molecule has 3 heteroatoms. The lowest BCUT2D eigenvalue weighted by Crippen LogP contribution is -2.24. The molecule has 1 aromatic carbocycles. The van der Waals surface area contributed by atoms with Gasteiger partial charge in [0.15, 0.2) is 5.76 Å². The minimum Gasteiger partial charge on any atom is -0.451 e. The molecular weight excluding hydrogens is 202 g/mol. The van der Waals surface area contributed by atoms with Crippen molar-refractivity contribution in [1.82, 2.24) is 5.32 Å². The van der Waals surface area contributed by atoms with Crippen LogP contribution in [0.3, 0.4) is 0 Å². The molecule has 82 valence electrons. The van der Waals surface area contributed by atoms with E-state index in [1.54, 1.807) is 6.07 Å². The van der Waals surface area contributed by atoms with Crippen LogP contribution in [0.1, 0.15) is 17.5 Å². The van der Waals surface area contributed by atoms with Crippen molar-refractivity contribution in [3.8, 4) is 0 Å². The summed E-state index contributed by atoms with van der Waals surface area (Å²) in [7, 11) is 0. The van der Waals surface area contributed by atoms with Gasteiger partial charge in [0, 0.05) is 11.9 Å². The third kappa shape index (κ3) is 2.14. The average Bonchev–Trinajstić information content (AvgIpc) is 2.69. The van der Waals surface area contributed by atoms with Gasteiger partial charge in [-0.25, -0.2) is 0 Å². The Morgan fingerprint density at radius 3 is 2.88 bits per heavy atom. The van der Waals surface area contributed by atoms with Crippen molar-refractivity contribution in [3.05, 3.63) is 48.2 Å². The molecule has 0 aliphatic carbocycles. The van der Waals surface area contributed by atoms with E-state index in [2.05, 4.69) is 11.9 Å². The number of carbonyl (C=O) groups is 1. The minimum absolute atomic E-state index is 0.209. The molecule has 2 aromatic rings. The van der Waals surface area contributed by atoms with Crippen LogP contribution in [0.2, 0.25) is 0 Å².